The molecule has 0 aliphatic heterocycles. The maximum atomic E-state index is 12.6. The standard InChI is InChI=1S/C20H17N3O3S/c1-14-6-9-17(10-7-14)27(25,26)22-16-8-11-20(24)19(12-16)23-13-15-4-2-3-5-18(15)21-23/h2-13,22,24H,1H3. The Morgan fingerprint density at radius 1 is 1.00 bits per heavy atom. The van der Waals surface area contributed by atoms with Gasteiger partial charge in [-0.3, -0.25) is 4.72 Å². The van der Waals surface area contributed by atoms with Gasteiger partial charge in [-0.1, -0.05) is 35.9 Å². The summed E-state index contributed by atoms with van der Waals surface area (Å²) < 4.78 is 29.3. The van der Waals surface area contributed by atoms with Crippen LogP contribution in [-0.4, -0.2) is 23.3 Å². The first-order chi connectivity index (χ1) is 12.9. The highest BCUT2D eigenvalue weighted by atomic mass is 32.2. The maximum Gasteiger partial charge on any atom is 0.261 e. The summed E-state index contributed by atoms with van der Waals surface area (Å²) in [5, 5.41) is 15.6. The van der Waals surface area contributed by atoms with Gasteiger partial charge < -0.3 is 5.11 Å². The number of aromatic nitrogens is 2. The molecule has 4 aromatic rings. The van der Waals surface area contributed by atoms with Crippen molar-refractivity contribution in [2.24, 2.45) is 0 Å². The molecule has 0 atom stereocenters. The first-order valence-electron chi connectivity index (χ1n) is 8.30. The number of fused-ring (bicyclic) bond motifs is 1. The molecule has 0 spiro atoms. The summed E-state index contributed by atoms with van der Waals surface area (Å²) in [6.45, 7) is 1.89. The molecule has 0 radical (unpaired) electrons. The Kier molecular flexibility index (Phi) is 4.08. The molecule has 0 aliphatic carbocycles. The molecular weight excluding hydrogens is 362 g/mol. The Bertz CT molecular complexity index is 1200. The van der Waals surface area contributed by atoms with Gasteiger partial charge in [-0.05, 0) is 43.3 Å². The summed E-state index contributed by atoms with van der Waals surface area (Å²) in [6, 6.07) is 18.7. The summed E-state index contributed by atoms with van der Waals surface area (Å²) in [5.41, 5.74) is 2.48. The van der Waals surface area contributed by atoms with Crippen LogP contribution >= 0.6 is 0 Å². The molecule has 1 heterocycles. The van der Waals surface area contributed by atoms with Crippen LogP contribution in [0, 0.1) is 6.92 Å². The van der Waals surface area contributed by atoms with Gasteiger partial charge in [0.1, 0.15) is 11.4 Å². The highest BCUT2D eigenvalue weighted by Gasteiger charge is 2.15. The molecule has 3 aromatic carbocycles. The van der Waals surface area contributed by atoms with Gasteiger partial charge in [0.15, 0.2) is 0 Å². The van der Waals surface area contributed by atoms with Crippen LogP contribution in [0.1, 0.15) is 5.56 Å². The fourth-order valence-electron chi connectivity index (χ4n) is 2.79. The number of aromatic hydroxyl groups is 1. The fraction of sp³-hybridized carbons (Fsp3) is 0.0500. The van der Waals surface area contributed by atoms with Crippen LogP contribution in [0.4, 0.5) is 5.69 Å². The first-order valence-corrected chi connectivity index (χ1v) is 9.78. The lowest BCUT2D eigenvalue weighted by molar-refractivity contribution is 0.470. The quantitative estimate of drug-likeness (QED) is 0.528. The predicted octanol–water partition coefficient (Wildman–Crippen LogP) is 3.84. The van der Waals surface area contributed by atoms with Crippen LogP contribution in [0.15, 0.2) is 77.8 Å². The predicted molar refractivity (Wildman–Crippen MR) is 105 cm³/mol. The molecule has 6 nitrogen and oxygen atoms in total. The lowest BCUT2D eigenvalue weighted by Crippen LogP contribution is -2.13. The van der Waals surface area contributed by atoms with Crippen molar-refractivity contribution in [2.75, 3.05) is 4.72 Å². The summed E-state index contributed by atoms with van der Waals surface area (Å²) in [4.78, 5) is 0.174. The fourth-order valence-corrected chi connectivity index (χ4v) is 3.84. The summed E-state index contributed by atoms with van der Waals surface area (Å²) in [5.74, 6) is 0.00101. The SMILES string of the molecule is Cc1ccc(S(=O)(=O)Nc2ccc(O)c(-n3cc4ccccc4n3)c2)cc1. The highest BCUT2D eigenvalue weighted by Crippen LogP contribution is 2.28. The van der Waals surface area contributed by atoms with E-state index in [1.54, 1.807) is 36.5 Å². The van der Waals surface area contributed by atoms with Crippen LogP contribution in [0.5, 0.6) is 5.75 Å². The van der Waals surface area contributed by atoms with Crippen LogP contribution in [-0.2, 0) is 10.0 Å². The van der Waals surface area contributed by atoms with E-state index in [1.165, 1.54) is 16.8 Å². The maximum absolute atomic E-state index is 12.6. The number of phenolic OH excluding ortho intramolecular Hbond substituents is 1. The number of nitrogens with zero attached hydrogens (tertiary/aromatic N) is 2. The molecule has 0 saturated carbocycles. The van der Waals surface area contributed by atoms with Gasteiger partial charge in [-0.2, -0.15) is 5.10 Å². The summed E-state index contributed by atoms with van der Waals surface area (Å²) in [7, 11) is -3.73. The lowest BCUT2D eigenvalue weighted by atomic mass is 10.2. The second-order valence-corrected chi connectivity index (χ2v) is 7.94. The van der Waals surface area contributed by atoms with E-state index in [2.05, 4.69) is 9.82 Å². The topological polar surface area (TPSA) is 84.2 Å². The average Bonchev–Trinajstić information content (AvgIpc) is 3.07. The van der Waals surface area contributed by atoms with Gasteiger partial charge in [0.25, 0.3) is 10.0 Å². The number of rotatable bonds is 4. The van der Waals surface area contributed by atoms with Gasteiger partial charge in [0.2, 0.25) is 0 Å². The number of anilines is 1. The molecular formula is C20H17N3O3S. The molecule has 136 valence electrons. The van der Waals surface area contributed by atoms with Crippen LogP contribution in [0.3, 0.4) is 0 Å². The number of nitrogens with one attached hydrogen (secondary N) is 1. The van der Waals surface area contributed by atoms with Crippen LogP contribution in [0.2, 0.25) is 0 Å². The molecule has 4 rings (SSSR count). The third kappa shape index (κ3) is 3.37. The van der Waals surface area contributed by atoms with E-state index in [1.807, 2.05) is 31.2 Å². The Morgan fingerprint density at radius 3 is 2.48 bits per heavy atom. The molecule has 27 heavy (non-hydrogen) atoms. The third-order valence-corrected chi connectivity index (χ3v) is 5.62. The van der Waals surface area contributed by atoms with E-state index in [0.717, 1.165) is 16.5 Å². The smallest absolute Gasteiger partial charge is 0.261 e. The Balaban J connectivity index is 1.71. The van der Waals surface area contributed by atoms with Crippen molar-refractivity contribution in [2.45, 2.75) is 11.8 Å². The van der Waals surface area contributed by atoms with Crippen LogP contribution < -0.4 is 4.72 Å². The molecule has 0 fully saturated rings. The van der Waals surface area contributed by atoms with Crippen molar-refractivity contribution in [3.05, 3.63) is 78.5 Å². The van der Waals surface area contributed by atoms with Gasteiger partial charge in [0.05, 0.1) is 16.1 Å². The minimum Gasteiger partial charge on any atom is -0.506 e. The third-order valence-electron chi connectivity index (χ3n) is 4.22. The summed E-state index contributed by atoms with van der Waals surface area (Å²) in [6.07, 6.45) is 1.78. The van der Waals surface area contributed by atoms with E-state index in [4.69, 9.17) is 0 Å². The van der Waals surface area contributed by atoms with E-state index in [9.17, 15) is 13.5 Å². The van der Waals surface area contributed by atoms with Crippen molar-refractivity contribution >= 4 is 26.6 Å². The lowest BCUT2D eigenvalue weighted by Gasteiger charge is -2.11. The number of phenols is 1. The van der Waals surface area contributed by atoms with Crippen molar-refractivity contribution in [1.82, 2.24) is 9.78 Å². The minimum atomic E-state index is -3.73. The Labute approximate surface area is 156 Å². The van der Waals surface area contributed by atoms with E-state index < -0.39 is 10.0 Å². The normalized spacial score (nSPS) is 11.6. The Hall–Kier alpha value is -3.32. The van der Waals surface area contributed by atoms with E-state index in [0.29, 0.717) is 11.4 Å². The van der Waals surface area contributed by atoms with Gasteiger partial charge in [-0.25, -0.2) is 13.1 Å². The molecule has 0 aliphatic rings. The van der Waals surface area contributed by atoms with Crippen LogP contribution in [0.25, 0.3) is 16.6 Å². The van der Waals surface area contributed by atoms with Gasteiger partial charge in [0, 0.05) is 11.6 Å². The zero-order valence-corrected chi connectivity index (χ0v) is 15.3. The monoisotopic (exact) mass is 379 g/mol. The van der Waals surface area contributed by atoms with Gasteiger partial charge in [-0.15, -0.1) is 0 Å². The van der Waals surface area contributed by atoms with E-state index >= 15 is 0 Å². The molecule has 1 aromatic heterocycles. The zero-order chi connectivity index (χ0) is 19.0. The molecule has 0 saturated heterocycles. The van der Waals surface area contributed by atoms with Gasteiger partial charge >= 0.3 is 0 Å². The number of hydrogen-bond donors (Lipinski definition) is 2. The molecule has 0 unspecified atom stereocenters. The number of hydrogen-bond acceptors (Lipinski definition) is 4. The number of benzene rings is 3. The van der Waals surface area contributed by atoms with Crippen molar-refractivity contribution in [3.63, 3.8) is 0 Å². The van der Waals surface area contributed by atoms with E-state index in [-0.39, 0.29) is 10.6 Å². The number of sulfonamides is 1. The first kappa shape index (κ1) is 17.1. The molecule has 2 N–H and O–H groups in total. The summed E-state index contributed by atoms with van der Waals surface area (Å²) >= 11 is 0. The average molecular weight is 379 g/mol. The highest BCUT2D eigenvalue weighted by molar-refractivity contribution is 7.92. The zero-order valence-electron chi connectivity index (χ0n) is 14.5. The largest absolute Gasteiger partial charge is 0.506 e. The number of aryl methyl sites for hydroxylation is 1. The molecule has 7 heteroatoms. The minimum absolute atomic E-state index is 0.00101. The second-order valence-electron chi connectivity index (χ2n) is 6.25. The molecule has 0 bridgehead atoms. The Morgan fingerprint density at radius 2 is 1.74 bits per heavy atom. The van der Waals surface area contributed by atoms with Crippen molar-refractivity contribution < 1.29 is 13.5 Å². The van der Waals surface area contributed by atoms with Crippen molar-refractivity contribution in [3.8, 4) is 11.4 Å². The second kappa shape index (κ2) is 6.44. The van der Waals surface area contributed by atoms with Crippen molar-refractivity contribution in [1.29, 1.82) is 0 Å². The molecule has 0 amide bonds.